The first-order valence-corrected chi connectivity index (χ1v) is 7.75. The van der Waals surface area contributed by atoms with Crippen LogP contribution in [0.4, 0.5) is 0 Å². The van der Waals surface area contributed by atoms with Gasteiger partial charge in [-0.3, -0.25) is 0 Å². The minimum atomic E-state index is 0.332. The van der Waals surface area contributed by atoms with Crippen LogP contribution in [-0.4, -0.2) is 16.3 Å². The Labute approximate surface area is 113 Å². The average Bonchev–Trinajstić information content (AvgIpc) is 2.47. The highest BCUT2D eigenvalue weighted by atomic mass is 32.1. The second-order valence-corrected chi connectivity index (χ2v) is 8.26. The van der Waals surface area contributed by atoms with E-state index in [1.807, 2.05) is 0 Å². The van der Waals surface area contributed by atoms with E-state index < -0.39 is 0 Å². The normalized spacial score (nSPS) is 45.9. The summed E-state index contributed by atoms with van der Waals surface area (Å²) in [6, 6.07) is 0. The van der Waals surface area contributed by atoms with E-state index in [1.54, 1.807) is 0 Å². The highest BCUT2D eigenvalue weighted by Gasteiger charge is 2.61. The maximum Gasteiger partial charge on any atom is 0.0376 e. The van der Waals surface area contributed by atoms with Gasteiger partial charge in [-0.1, -0.05) is 20.8 Å². The number of thiol groups is 1. The smallest absolute Gasteiger partial charge is 0.0376 e. The molecule has 1 heterocycles. The molecule has 0 aromatic heterocycles. The molecule has 1 saturated heterocycles. The van der Waals surface area contributed by atoms with Crippen molar-refractivity contribution < 1.29 is 0 Å². The molecule has 2 heteroatoms. The summed E-state index contributed by atoms with van der Waals surface area (Å²) in [5, 5.41) is 4.26. The van der Waals surface area contributed by atoms with Crippen LogP contribution >= 0.6 is 12.6 Å². The molecule has 0 aromatic rings. The predicted molar refractivity (Wildman–Crippen MR) is 78.7 cm³/mol. The van der Waals surface area contributed by atoms with Crippen molar-refractivity contribution >= 4 is 12.6 Å². The zero-order chi connectivity index (χ0) is 12.8. The van der Waals surface area contributed by atoms with Gasteiger partial charge >= 0.3 is 0 Å². The molecule has 1 nitrogen and oxygen atoms in total. The Morgan fingerprint density at radius 3 is 2.06 bits per heavy atom. The van der Waals surface area contributed by atoms with Crippen molar-refractivity contribution in [3.8, 4) is 0 Å². The zero-order valence-corrected chi connectivity index (χ0v) is 13.0. The molecule has 0 aromatic carbocycles. The van der Waals surface area contributed by atoms with E-state index in [1.165, 1.54) is 25.7 Å². The van der Waals surface area contributed by atoms with Crippen molar-refractivity contribution in [2.45, 2.75) is 76.6 Å². The van der Waals surface area contributed by atoms with E-state index in [4.69, 9.17) is 0 Å². The molecule has 0 bridgehead atoms. The summed E-state index contributed by atoms with van der Waals surface area (Å²) >= 11 is 4.60. The summed E-state index contributed by atoms with van der Waals surface area (Å²) in [6.45, 7) is 11.8. The van der Waals surface area contributed by atoms with Crippen LogP contribution in [0.2, 0.25) is 0 Å². The minimum Gasteiger partial charge on any atom is -0.303 e. The van der Waals surface area contributed by atoms with Crippen LogP contribution in [0.1, 0.15) is 60.3 Å². The van der Waals surface area contributed by atoms with E-state index in [0.29, 0.717) is 16.3 Å². The molecule has 1 saturated carbocycles. The van der Waals surface area contributed by atoms with Crippen LogP contribution in [0, 0.1) is 17.8 Å². The quantitative estimate of drug-likeness (QED) is 0.577. The number of hydrogen-bond donors (Lipinski definition) is 2. The van der Waals surface area contributed by atoms with Crippen molar-refractivity contribution in [1.82, 2.24) is 5.32 Å². The Balaban J connectivity index is 1.97. The third-order valence-electron chi connectivity index (χ3n) is 5.35. The highest BCUT2D eigenvalue weighted by Crippen LogP contribution is 2.50. The molecule has 17 heavy (non-hydrogen) atoms. The van der Waals surface area contributed by atoms with Gasteiger partial charge in [0.1, 0.15) is 0 Å². The summed E-state index contributed by atoms with van der Waals surface area (Å²) in [7, 11) is 0. The fourth-order valence-electron chi connectivity index (χ4n) is 4.04. The molecule has 1 N–H and O–H groups in total. The second kappa shape index (κ2) is 4.45. The van der Waals surface area contributed by atoms with Gasteiger partial charge in [0.05, 0.1) is 0 Å². The first kappa shape index (κ1) is 13.7. The summed E-state index contributed by atoms with van der Waals surface area (Å²) in [6.07, 6.45) is 5.44. The molecule has 1 aliphatic carbocycles. The van der Waals surface area contributed by atoms with Gasteiger partial charge in [0, 0.05) is 16.3 Å². The molecule has 4 atom stereocenters. The molecule has 4 unspecified atom stereocenters. The van der Waals surface area contributed by atoms with Crippen LogP contribution in [0.25, 0.3) is 0 Å². The summed E-state index contributed by atoms with van der Waals surface area (Å²) in [4.78, 5) is 0. The molecule has 100 valence electrons. The van der Waals surface area contributed by atoms with Crippen molar-refractivity contribution in [1.29, 1.82) is 0 Å². The Hall–Kier alpha value is 0.310. The number of rotatable bonds is 4. The largest absolute Gasteiger partial charge is 0.303 e. The maximum absolute atomic E-state index is 4.60. The third-order valence-corrected chi connectivity index (χ3v) is 5.53. The van der Waals surface area contributed by atoms with Gasteiger partial charge < -0.3 is 5.32 Å². The summed E-state index contributed by atoms with van der Waals surface area (Å²) in [5.74, 6) is 2.78. The van der Waals surface area contributed by atoms with Crippen LogP contribution in [0.5, 0.6) is 0 Å². The first-order chi connectivity index (χ1) is 7.76. The molecule has 2 rings (SSSR count). The van der Waals surface area contributed by atoms with Gasteiger partial charge in [-0.15, -0.1) is 0 Å². The van der Waals surface area contributed by atoms with E-state index in [-0.39, 0.29) is 0 Å². The van der Waals surface area contributed by atoms with Crippen LogP contribution < -0.4 is 5.32 Å². The lowest BCUT2D eigenvalue weighted by molar-refractivity contribution is 0.367. The molecular weight excluding hydrogens is 226 g/mol. The molecule has 0 radical (unpaired) electrons. The van der Waals surface area contributed by atoms with E-state index in [0.717, 1.165) is 17.8 Å². The van der Waals surface area contributed by atoms with Crippen LogP contribution in [-0.2, 0) is 0 Å². The van der Waals surface area contributed by atoms with Crippen LogP contribution in [0.15, 0.2) is 0 Å². The highest BCUT2D eigenvalue weighted by molar-refractivity contribution is 7.80. The predicted octanol–water partition coefficient (Wildman–Crippen LogP) is 3.89. The van der Waals surface area contributed by atoms with Gasteiger partial charge in [0.15, 0.2) is 0 Å². The van der Waals surface area contributed by atoms with Crippen molar-refractivity contribution in [3.63, 3.8) is 0 Å². The minimum absolute atomic E-state index is 0.332. The van der Waals surface area contributed by atoms with Crippen molar-refractivity contribution in [2.24, 2.45) is 17.8 Å². The fourth-order valence-corrected chi connectivity index (χ4v) is 4.35. The van der Waals surface area contributed by atoms with Gasteiger partial charge in [-0.25, -0.2) is 0 Å². The van der Waals surface area contributed by atoms with Gasteiger partial charge in [0.25, 0.3) is 0 Å². The summed E-state index contributed by atoms with van der Waals surface area (Å²) in [5.41, 5.74) is 0.710. The first-order valence-electron chi connectivity index (χ1n) is 7.23. The number of nitrogens with one attached hydrogen (secondary N) is 1. The molecule has 0 spiro atoms. The number of hydrogen-bond acceptors (Lipinski definition) is 2. The average molecular weight is 255 g/mol. The Kier molecular flexibility index (Phi) is 3.60. The standard InChI is InChI=1S/C15H29NS/c1-10-6-13(7-11(10)2)9-15(8-12(3)17)14(4,5)16-15/h10-13,16-17H,6-9H2,1-5H3. The fraction of sp³-hybridized carbons (Fsp3) is 1.00. The van der Waals surface area contributed by atoms with E-state index in [9.17, 15) is 0 Å². The SMILES string of the molecule is CC(S)CC1(CC2CC(C)C(C)C2)NC1(C)C. The Bertz CT molecular complexity index is 277. The molecule has 0 amide bonds. The van der Waals surface area contributed by atoms with Crippen molar-refractivity contribution in [3.05, 3.63) is 0 Å². The van der Waals surface area contributed by atoms with Gasteiger partial charge in [-0.2, -0.15) is 12.6 Å². The monoisotopic (exact) mass is 255 g/mol. The second-order valence-electron chi connectivity index (χ2n) is 7.38. The molecular formula is C15H29NS. The molecule has 2 fully saturated rings. The van der Waals surface area contributed by atoms with E-state index >= 15 is 0 Å². The zero-order valence-electron chi connectivity index (χ0n) is 12.1. The lowest BCUT2D eigenvalue weighted by Gasteiger charge is -2.23. The lowest BCUT2D eigenvalue weighted by Crippen LogP contribution is -2.27. The van der Waals surface area contributed by atoms with Crippen molar-refractivity contribution in [2.75, 3.05) is 0 Å². The Morgan fingerprint density at radius 2 is 1.71 bits per heavy atom. The van der Waals surface area contributed by atoms with Gasteiger partial charge in [0.2, 0.25) is 0 Å². The van der Waals surface area contributed by atoms with E-state index in [2.05, 4.69) is 52.6 Å². The lowest BCUT2D eigenvalue weighted by atomic mass is 9.82. The Morgan fingerprint density at radius 1 is 1.24 bits per heavy atom. The maximum atomic E-state index is 4.60. The van der Waals surface area contributed by atoms with Gasteiger partial charge in [-0.05, 0) is 57.3 Å². The summed E-state index contributed by atoms with van der Waals surface area (Å²) < 4.78 is 0. The third kappa shape index (κ3) is 2.68. The molecule has 2 aliphatic rings. The van der Waals surface area contributed by atoms with Crippen LogP contribution in [0.3, 0.4) is 0 Å². The topological polar surface area (TPSA) is 21.9 Å². The molecule has 1 aliphatic heterocycles.